The van der Waals surface area contributed by atoms with E-state index in [1.807, 2.05) is 0 Å². The number of thiophene rings is 1. The molecule has 1 heterocycles. The van der Waals surface area contributed by atoms with Gasteiger partial charge in [0, 0.05) is 11.4 Å². The van der Waals surface area contributed by atoms with Gasteiger partial charge in [0.25, 0.3) is 0 Å². The highest BCUT2D eigenvalue weighted by atomic mass is 32.2. The van der Waals surface area contributed by atoms with Crippen molar-refractivity contribution >= 4 is 27.3 Å². The molecule has 1 fully saturated rings. The Morgan fingerprint density at radius 1 is 1.50 bits per heavy atom. The molecule has 1 aromatic rings. The molecule has 0 aromatic carbocycles. The summed E-state index contributed by atoms with van der Waals surface area (Å²) in [5, 5.41) is 10.2. The number of carboxylic acids is 1. The van der Waals surface area contributed by atoms with Gasteiger partial charge in [0.05, 0.1) is 4.90 Å². The first-order chi connectivity index (χ1) is 9.42. The van der Waals surface area contributed by atoms with Crippen LogP contribution in [0.5, 0.6) is 0 Å². The topological polar surface area (TPSA) is 83.5 Å². The molecule has 0 aliphatic heterocycles. The number of aromatic carboxylic acids is 1. The fraction of sp³-hybridized carbons (Fsp3) is 0.615. The van der Waals surface area contributed by atoms with E-state index in [2.05, 4.69) is 11.6 Å². The van der Waals surface area contributed by atoms with Gasteiger partial charge in [0.2, 0.25) is 10.0 Å². The van der Waals surface area contributed by atoms with Crippen LogP contribution >= 0.6 is 11.3 Å². The third-order valence-corrected chi connectivity index (χ3v) is 6.35. The minimum atomic E-state index is -3.61. The van der Waals surface area contributed by atoms with E-state index in [4.69, 9.17) is 5.11 Å². The molecular formula is C13H19NO4S2. The van der Waals surface area contributed by atoms with Crippen molar-refractivity contribution in [2.75, 3.05) is 0 Å². The third kappa shape index (κ3) is 3.59. The number of hydrogen-bond acceptors (Lipinski definition) is 4. The third-order valence-electron chi connectivity index (χ3n) is 3.78. The lowest BCUT2D eigenvalue weighted by atomic mass is 9.85. The van der Waals surface area contributed by atoms with Crippen molar-refractivity contribution in [1.29, 1.82) is 0 Å². The molecule has 2 rings (SSSR count). The number of sulfonamides is 1. The van der Waals surface area contributed by atoms with Gasteiger partial charge in [-0.05, 0) is 24.8 Å². The van der Waals surface area contributed by atoms with Crippen LogP contribution in [0, 0.1) is 5.92 Å². The lowest BCUT2D eigenvalue weighted by molar-refractivity contribution is 0.0702. The molecule has 0 radical (unpaired) electrons. The average molecular weight is 317 g/mol. The lowest BCUT2D eigenvalue weighted by Crippen LogP contribution is -2.38. The van der Waals surface area contributed by atoms with Crippen LogP contribution in [-0.4, -0.2) is 25.5 Å². The summed E-state index contributed by atoms with van der Waals surface area (Å²) in [6.45, 7) is 2.12. The highest BCUT2D eigenvalue weighted by molar-refractivity contribution is 7.89. The molecule has 1 aliphatic carbocycles. The van der Waals surface area contributed by atoms with Gasteiger partial charge in [0.15, 0.2) is 0 Å². The van der Waals surface area contributed by atoms with E-state index < -0.39 is 16.0 Å². The maximum atomic E-state index is 12.2. The van der Waals surface area contributed by atoms with E-state index >= 15 is 0 Å². The van der Waals surface area contributed by atoms with Crippen molar-refractivity contribution in [2.45, 2.75) is 50.0 Å². The van der Waals surface area contributed by atoms with Crippen molar-refractivity contribution in [3.8, 4) is 0 Å². The van der Waals surface area contributed by atoms with E-state index in [-0.39, 0.29) is 15.8 Å². The molecule has 1 aliphatic rings. The fourth-order valence-electron chi connectivity index (χ4n) is 2.63. The molecule has 1 aromatic heterocycles. The largest absolute Gasteiger partial charge is 0.477 e. The quantitative estimate of drug-likeness (QED) is 0.874. The molecule has 0 amide bonds. The van der Waals surface area contributed by atoms with E-state index in [0.29, 0.717) is 5.92 Å². The molecule has 0 saturated heterocycles. The Bertz CT molecular complexity index is 579. The highest BCUT2D eigenvalue weighted by Crippen LogP contribution is 2.28. The Morgan fingerprint density at radius 2 is 2.25 bits per heavy atom. The monoisotopic (exact) mass is 317 g/mol. The molecule has 7 heteroatoms. The summed E-state index contributed by atoms with van der Waals surface area (Å²) in [4.78, 5) is 10.9. The first-order valence-electron chi connectivity index (χ1n) is 6.76. The zero-order valence-corrected chi connectivity index (χ0v) is 13.0. The number of hydrogen-bond donors (Lipinski definition) is 2. The van der Waals surface area contributed by atoms with Crippen molar-refractivity contribution in [3.63, 3.8) is 0 Å². The zero-order valence-electron chi connectivity index (χ0n) is 11.3. The van der Waals surface area contributed by atoms with Crippen LogP contribution in [0.15, 0.2) is 16.3 Å². The maximum Gasteiger partial charge on any atom is 0.345 e. The molecule has 2 unspecified atom stereocenters. The highest BCUT2D eigenvalue weighted by Gasteiger charge is 2.26. The number of rotatable bonds is 5. The minimum Gasteiger partial charge on any atom is -0.477 e. The summed E-state index contributed by atoms with van der Waals surface area (Å²) < 4.78 is 27.2. The van der Waals surface area contributed by atoms with Gasteiger partial charge in [-0.25, -0.2) is 17.9 Å². The SMILES string of the molecule is CCC1CCCC(NS(=O)(=O)c2csc(C(=O)O)c2)C1. The van der Waals surface area contributed by atoms with E-state index in [9.17, 15) is 13.2 Å². The van der Waals surface area contributed by atoms with Gasteiger partial charge in [0.1, 0.15) is 4.88 Å². The first kappa shape index (κ1) is 15.5. The fourth-order valence-corrected chi connectivity index (χ4v) is 5.02. The Hall–Kier alpha value is -0.920. The zero-order chi connectivity index (χ0) is 14.8. The Morgan fingerprint density at radius 3 is 2.85 bits per heavy atom. The van der Waals surface area contributed by atoms with Gasteiger partial charge < -0.3 is 5.11 Å². The molecule has 0 spiro atoms. The second-order valence-corrected chi connectivity index (χ2v) is 7.84. The summed E-state index contributed by atoms with van der Waals surface area (Å²) >= 11 is 0.933. The maximum absolute atomic E-state index is 12.2. The molecule has 112 valence electrons. The summed E-state index contributed by atoms with van der Waals surface area (Å²) in [7, 11) is -3.61. The number of nitrogens with one attached hydrogen (secondary N) is 1. The normalized spacial score (nSPS) is 23.6. The number of carboxylic acid groups (broad SMARTS) is 1. The Labute approximate surface area is 123 Å². The number of carbonyl (C=O) groups is 1. The summed E-state index contributed by atoms with van der Waals surface area (Å²) in [5.41, 5.74) is 0. The molecular weight excluding hydrogens is 298 g/mol. The molecule has 2 atom stereocenters. The van der Waals surface area contributed by atoms with Crippen molar-refractivity contribution < 1.29 is 18.3 Å². The minimum absolute atomic E-state index is 0.0353. The molecule has 1 saturated carbocycles. The van der Waals surface area contributed by atoms with Crippen LogP contribution in [-0.2, 0) is 10.0 Å². The predicted molar refractivity (Wildman–Crippen MR) is 77.6 cm³/mol. The van der Waals surface area contributed by atoms with Crippen LogP contribution in [0.1, 0.15) is 48.7 Å². The van der Waals surface area contributed by atoms with Crippen molar-refractivity contribution in [2.24, 2.45) is 5.92 Å². The van der Waals surface area contributed by atoms with Gasteiger partial charge in [-0.3, -0.25) is 0 Å². The Kier molecular flexibility index (Phi) is 4.82. The van der Waals surface area contributed by atoms with Gasteiger partial charge in [-0.15, -0.1) is 11.3 Å². The molecule has 20 heavy (non-hydrogen) atoms. The van der Waals surface area contributed by atoms with Crippen LogP contribution in [0.2, 0.25) is 0 Å². The lowest BCUT2D eigenvalue weighted by Gasteiger charge is -2.28. The van der Waals surface area contributed by atoms with Crippen LogP contribution in [0.25, 0.3) is 0 Å². The second-order valence-electron chi connectivity index (χ2n) is 5.21. The van der Waals surface area contributed by atoms with Crippen molar-refractivity contribution in [1.82, 2.24) is 4.72 Å². The van der Waals surface area contributed by atoms with Gasteiger partial charge in [-0.2, -0.15) is 0 Å². The summed E-state index contributed by atoms with van der Waals surface area (Å²) in [6, 6.07) is 1.18. The smallest absolute Gasteiger partial charge is 0.345 e. The predicted octanol–water partition coefficient (Wildman–Crippen LogP) is 2.69. The average Bonchev–Trinajstić information content (AvgIpc) is 2.89. The van der Waals surface area contributed by atoms with E-state index in [1.54, 1.807) is 0 Å². The summed E-state index contributed by atoms with van der Waals surface area (Å²) in [5.74, 6) is -0.520. The first-order valence-corrected chi connectivity index (χ1v) is 9.13. The van der Waals surface area contributed by atoms with E-state index in [1.165, 1.54) is 11.4 Å². The summed E-state index contributed by atoms with van der Waals surface area (Å²) in [6.07, 6.45) is 4.99. The van der Waals surface area contributed by atoms with Gasteiger partial charge >= 0.3 is 5.97 Å². The van der Waals surface area contributed by atoms with Crippen LogP contribution < -0.4 is 4.72 Å². The molecule has 0 bridgehead atoms. The van der Waals surface area contributed by atoms with E-state index in [0.717, 1.165) is 43.4 Å². The standard InChI is InChI=1S/C13H19NO4S2/c1-2-9-4-3-5-10(6-9)14-20(17,18)11-7-12(13(15)16)19-8-11/h7-10,14H,2-6H2,1H3,(H,15,16). The molecule has 2 N–H and O–H groups in total. The van der Waals surface area contributed by atoms with Gasteiger partial charge in [-0.1, -0.05) is 26.2 Å². The second kappa shape index (κ2) is 6.24. The van der Waals surface area contributed by atoms with Crippen LogP contribution in [0.4, 0.5) is 0 Å². The molecule has 5 nitrogen and oxygen atoms in total. The Balaban J connectivity index is 2.08. The van der Waals surface area contributed by atoms with Crippen molar-refractivity contribution in [3.05, 3.63) is 16.3 Å². The van der Waals surface area contributed by atoms with Crippen LogP contribution in [0.3, 0.4) is 0 Å².